The van der Waals surface area contributed by atoms with Crippen molar-refractivity contribution in [1.82, 2.24) is 14.5 Å². The monoisotopic (exact) mass is 333 g/mol. The summed E-state index contributed by atoms with van der Waals surface area (Å²) in [5, 5.41) is 3.92. The zero-order valence-electron chi connectivity index (χ0n) is 13.2. The van der Waals surface area contributed by atoms with E-state index in [0.29, 0.717) is 16.5 Å². The Balaban J connectivity index is 1.59. The Morgan fingerprint density at radius 2 is 2.26 bits per heavy atom. The molecule has 1 aromatic carbocycles. The third-order valence-corrected chi connectivity index (χ3v) is 5.25. The number of likely N-dealkylation sites (tertiary alicyclic amines) is 1. The fraction of sp³-hybridized carbons (Fsp3) is 0.471. The van der Waals surface area contributed by atoms with Crippen molar-refractivity contribution < 1.29 is 9.18 Å². The number of hydrogen-bond acceptors (Lipinski definition) is 4. The SMILES string of the molecule is Cc1nnsc1C(=O)N1CCC[C@H](CCc2ccccc2F)C1. The lowest BCUT2D eigenvalue weighted by Crippen LogP contribution is -2.40. The molecule has 6 heteroatoms. The third kappa shape index (κ3) is 3.75. The van der Waals surface area contributed by atoms with Gasteiger partial charge in [0, 0.05) is 13.1 Å². The van der Waals surface area contributed by atoms with Gasteiger partial charge >= 0.3 is 0 Å². The quantitative estimate of drug-likeness (QED) is 0.861. The molecule has 23 heavy (non-hydrogen) atoms. The zero-order chi connectivity index (χ0) is 16.2. The number of carbonyl (C=O) groups is 1. The number of nitrogens with zero attached hydrogens (tertiary/aromatic N) is 3. The van der Waals surface area contributed by atoms with E-state index < -0.39 is 0 Å². The Bertz CT molecular complexity index is 688. The van der Waals surface area contributed by atoms with Crippen molar-refractivity contribution in [2.24, 2.45) is 5.92 Å². The Kier molecular flexibility index (Phi) is 5.00. The fourth-order valence-corrected chi connectivity index (χ4v) is 3.74. The average molecular weight is 333 g/mol. The van der Waals surface area contributed by atoms with Gasteiger partial charge in [-0.05, 0) is 61.7 Å². The number of hydrogen-bond donors (Lipinski definition) is 0. The number of carbonyl (C=O) groups excluding carboxylic acids is 1. The van der Waals surface area contributed by atoms with Gasteiger partial charge in [-0.3, -0.25) is 4.79 Å². The van der Waals surface area contributed by atoms with Crippen molar-refractivity contribution in [1.29, 1.82) is 0 Å². The smallest absolute Gasteiger partial charge is 0.267 e. The van der Waals surface area contributed by atoms with E-state index in [1.807, 2.05) is 24.0 Å². The largest absolute Gasteiger partial charge is 0.338 e. The van der Waals surface area contributed by atoms with Crippen molar-refractivity contribution in [3.05, 3.63) is 46.2 Å². The summed E-state index contributed by atoms with van der Waals surface area (Å²) in [7, 11) is 0. The van der Waals surface area contributed by atoms with Gasteiger partial charge in [-0.25, -0.2) is 4.39 Å². The number of rotatable bonds is 4. The second-order valence-corrected chi connectivity index (χ2v) is 6.83. The highest BCUT2D eigenvalue weighted by Gasteiger charge is 2.26. The summed E-state index contributed by atoms with van der Waals surface area (Å²) in [5.41, 5.74) is 1.46. The molecule has 0 N–H and O–H groups in total. The summed E-state index contributed by atoms with van der Waals surface area (Å²) >= 11 is 1.16. The van der Waals surface area contributed by atoms with Crippen molar-refractivity contribution in [2.45, 2.75) is 32.6 Å². The standard InChI is InChI=1S/C17H20FN3OS/c1-12-16(23-20-19-12)17(22)21-10-4-5-13(11-21)8-9-14-6-2-3-7-15(14)18/h2-3,6-7,13H,4-5,8-11H2,1H3/t13-/m1/s1. The van der Waals surface area contributed by atoms with Crippen LogP contribution >= 0.6 is 11.5 Å². The molecule has 1 aromatic heterocycles. The van der Waals surface area contributed by atoms with Crippen LogP contribution in [0, 0.1) is 18.7 Å². The van der Waals surface area contributed by atoms with Crippen molar-refractivity contribution in [3.8, 4) is 0 Å². The van der Waals surface area contributed by atoms with Crippen LogP contribution in [0.25, 0.3) is 0 Å². The maximum atomic E-state index is 13.7. The maximum absolute atomic E-state index is 13.7. The first kappa shape index (κ1) is 16.1. The predicted octanol–water partition coefficient (Wildman–Crippen LogP) is 3.47. The van der Waals surface area contributed by atoms with Crippen molar-refractivity contribution in [3.63, 3.8) is 0 Å². The molecule has 1 aliphatic heterocycles. The highest BCUT2D eigenvalue weighted by atomic mass is 32.1. The van der Waals surface area contributed by atoms with Gasteiger partial charge in [0.2, 0.25) is 0 Å². The van der Waals surface area contributed by atoms with Crippen LogP contribution in [0.3, 0.4) is 0 Å². The number of benzene rings is 1. The Morgan fingerprint density at radius 3 is 3.00 bits per heavy atom. The highest BCUT2D eigenvalue weighted by Crippen LogP contribution is 2.24. The van der Waals surface area contributed by atoms with Gasteiger partial charge in [0.05, 0.1) is 5.69 Å². The molecule has 2 aromatic rings. The van der Waals surface area contributed by atoms with Crippen LogP contribution in [-0.2, 0) is 6.42 Å². The summed E-state index contributed by atoms with van der Waals surface area (Å²) < 4.78 is 17.5. The lowest BCUT2D eigenvalue weighted by molar-refractivity contribution is 0.0672. The highest BCUT2D eigenvalue weighted by molar-refractivity contribution is 7.07. The van der Waals surface area contributed by atoms with Gasteiger partial charge in [-0.15, -0.1) is 5.10 Å². The van der Waals surface area contributed by atoms with Crippen LogP contribution in [0.15, 0.2) is 24.3 Å². The molecule has 1 amide bonds. The first-order valence-electron chi connectivity index (χ1n) is 7.97. The van der Waals surface area contributed by atoms with E-state index in [0.717, 1.165) is 55.9 Å². The van der Waals surface area contributed by atoms with E-state index in [1.54, 1.807) is 6.07 Å². The molecule has 0 saturated carbocycles. The van der Waals surface area contributed by atoms with E-state index in [1.165, 1.54) is 6.07 Å². The van der Waals surface area contributed by atoms with Crippen LogP contribution in [0.1, 0.15) is 40.2 Å². The number of aryl methyl sites for hydroxylation is 2. The minimum absolute atomic E-state index is 0.0353. The van der Waals surface area contributed by atoms with Crippen molar-refractivity contribution in [2.75, 3.05) is 13.1 Å². The molecule has 0 unspecified atom stereocenters. The molecule has 3 rings (SSSR count). The molecule has 1 fully saturated rings. The van der Waals surface area contributed by atoms with Gasteiger partial charge in [0.25, 0.3) is 5.91 Å². The molecule has 4 nitrogen and oxygen atoms in total. The van der Waals surface area contributed by atoms with Crippen LogP contribution < -0.4 is 0 Å². The minimum atomic E-state index is -0.136. The summed E-state index contributed by atoms with van der Waals surface area (Å²) in [6, 6.07) is 6.93. The molecular weight excluding hydrogens is 313 g/mol. The molecule has 0 bridgehead atoms. The summed E-state index contributed by atoms with van der Waals surface area (Å²) in [6.45, 7) is 3.34. The number of amides is 1. The van der Waals surface area contributed by atoms with Gasteiger partial charge in [0.1, 0.15) is 10.7 Å². The van der Waals surface area contributed by atoms with Crippen LogP contribution in [-0.4, -0.2) is 33.5 Å². The minimum Gasteiger partial charge on any atom is -0.338 e. The van der Waals surface area contributed by atoms with Gasteiger partial charge in [-0.2, -0.15) is 0 Å². The molecule has 1 aliphatic rings. The lowest BCUT2D eigenvalue weighted by Gasteiger charge is -2.32. The predicted molar refractivity (Wildman–Crippen MR) is 88.0 cm³/mol. The second kappa shape index (κ2) is 7.17. The van der Waals surface area contributed by atoms with Gasteiger partial charge < -0.3 is 4.90 Å². The van der Waals surface area contributed by atoms with E-state index in [4.69, 9.17) is 0 Å². The molecule has 122 valence electrons. The molecule has 1 saturated heterocycles. The summed E-state index contributed by atoms with van der Waals surface area (Å²) in [6.07, 6.45) is 3.72. The molecule has 0 aliphatic carbocycles. The Hall–Kier alpha value is -1.82. The lowest BCUT2D eigenvalue weighted by atomic mass is 9.91. The van der Waals surface area contributed by atoms with E-state index >= 15 is 0 Å². The van der Waals surface area contributed by atoms with E-state index in [9.17, 15) is 9.18 Å². The van der Waals surface area contributed by atoms with Gasteiger partial charge in [-0.1, -0.05) is 22.7 Å². The third-order valence-electron chi connectivity index (χ3n) is 4.43. The van der Waals surface area contributed by atoms with Crippen LogP contribution in [0.4, 0.5) is 4.39 Å². The Labute approximate surface area is 139 Å². The Morgan fingerprint density at radius 1 is 1.43 bits per heavy atom. The molecule has 0 radical (unpaired) electrons. The first-order valence-corrected chi connectivity index (χ1v) is 8.74. The molecule has 0 spiro atoms. The van der Waals surface area contributed by atoms with Crippen LogP contribution in [0.2, 0.25) is 0 Å². The number of halogens is 1. The number of aromatic nitrogens is 2. The van der Waals surface area contributed by atoms with Gasteiger partial charge in [0.15, 0.2) is 0 Å². The summed E-state index contributed by atoms with van der Waals surface area (Å²) in [5.74, 6) is 0.323. The van der Waals surface area contributed by atoms with Crippen molar-refractivity contribution >= 4 is 17.4 Å². The van der Waals surface area contributed by atoms with E-state index in [-0.39, 0.29) is 11.7 Å². The van der Waals surface area contributed by atoms with Crippen LogP contribution in [0.5, 0.6) is 0 Å². The van der Waals surface area contributed by atoms with E-state index in [2.05, 4.69) is 9.59 Å². The first-order chi connectivity index (χ1) is 11.1. The topological polar surface area (TPSA) is 46.1 Å². The average Bonchev–Trinajstić information content (AvgIpc) is 3.00. The molecular formula is C17H20FN3OS. The fourth-order valence-electron chi connectivity index (χ4n) is 3.12. The maximum Gasteiger partial charge on any atom is 0.267 e. The zero-order valence-corrected chi connectivity index (χ0v) is 14.0. The number of piperidine rings is 1. The second-order valence-electron chi connectivity index (χ2n) is 6.08. The summed E-state index contributed by atoms with van der Waals surface area (Å²) in [4.78, 5) is 15.1. The normalized spacial score (nSPS) is 18.2. The molecule has 1 atom stereocenters. The molecule has 2 heterocycles.